The highest BCUT2D eigenvalue weighted by Crippen LogP contribution is 2.36. The SMILES string of the molecule is Nc1ccccc1NC(=O)CCCCNC(=O)C1=C[C@H](c2coc3ccccc23)C[C@H](OCc2ccc(CO)cc2)O1. The Kier molecular flexibility index (Phi) is 9.53. The number of aliphatic hydroxyl groups is 1. The number of para-hydroxylation sites is 3. The van der Waals surface area contributed by atoms with Gasteiger partial charge in [0.05, 0.1) is 30.9 Å². The number of allylic oxidation sites excluding steroid dienone is 1. The third-order valence-electron chi connectivity index (χ3n) is 7.18. The molecule has 9 nitrogen and oxygen atoms in total. The van der Waals surface area contributed by atoms with E-state index in [1.165, 1.54) is 0 Å². The topological polar surface area (TPSA) is 136 Å². The number of hydrogen-bond donors (Lipinski definition) is 4. The summed E-state index contributed by atoms with van der Waals surface area (Å²) in [5.74, 6) is -0.429. The van der Waals surface area contributed by atoms with Gasteiger partial charge in [0.15, 0.2) is 5.76 Å². The molecule has 2 atom stereocenters. The quantitative estimate of drug-likeness (QED) is 0.133. The van der Waals surface area contributed by atoms with Gasteiger partial charge in [0, 0.05) is 36.3 Å². The number of anilines is 2. The molecule has 0 spiro atoms. The Hall–Kier alpha value is -4.60. The largest absolute Gasteiger partial charge is 0.464 e. The maximum absolute atomic E-state index is 13.1. The van der Waals surface area contributed by atoms with Crippen molar-refractivity contribution in [3.63, 3.8) is 0 Å². The summed E-state index contributed by atoms with van der Waals surface area (Å²) >= 11 is 0. The standard InChI is InChI=1S/C33H35N3O6/c34-27-8-2-3-9-28(27)36-31(38)11-5-6-16-35-33(39)30-17-24(26-21-40-29-10-4-1-7-25(26)29)18-32(42-30)41-20-23-14-12-22(19-37)13-15-23/h1-4,7-10,12-15,17,21,24,32,37H,5-6,11,16,18-20,34H2,(H,35,39)(H,36,38)/t24-,32+/m0/s1. The van der Waals surface area contributed by atoms with Crippen LogP contribution in [0.2, 0.25) is 0 Å². The molecule has 2 heterocycles. The van der Waals surface area contributed by atoms with Crippen LogP contribution in [0.4, 0.5) is 11.4 Å². The monoisotopic (exact) mass is 569 g/mol. The summed E-state index contributed by atoms with van der Waals surface area (Å²) in [6.45, 7) is 0.662. The second-order valence-electron chi connectivity index (χ2n) is 10.2. The number of nitrogen functional groups attached to an aromatic ring is 1. The fourth-order valence-electron chi connectivity index (χ4n) is 4.87. The highest BCUT2D eigenvalue weighted by Gasteiger charge is 2.30. The normalized spacial score (nSPS) is 16.5. The second kappa shape index (κ2) is 13.8. The highest BCUT2D eigenvalue weighted by atomic mass is 16.7. The number of aliphatic hydroxyl groups excluding tert-OH is 1. The molecule has 1 aromatic heterocycles. The zero-order valence-corrected chi connectivity index (χ0v) is 23.3. The van der Waals surface area contributed by atoms with Gasteiger partial charge in [-0.25, -0.2) is 0 Å². The third-order valence-corrected chi connectivity index (χ3v) is 7.18. The van der Waals surface area contributed by atoms with E-state index >= 15 is 0 Å². The molecule has 9 heteroatoms. The van der Waals surface area contributed by atoms with Crippen LogP contribution in [0.25, 0.3) is 11.0 Å². The Morgan fingerprint density at radius 1 is 0.976 bits per heavy atom. The lowest BCUT2D eigenvalue weighted by molar-refractivity contribution is -0.150. The van der Waals surface area contributed by atoms with Crippen LogP contribution in [0.3, 0.4) is 0 Å². The van der Waals surface area contributed by atoms with Crippen LogP contribution in [0.5, 0.6) is 0 Å². The van der Waals surface area contributed by atoms with Gasteiger partial charge in [0.25, 0.3) is 5.91 Å². The number of benzene rings is 3. The predicted molar refractivity (Wildman–Crippen MR) is 160 cm³/mol. The Morgan fingerprint density at radius 2 is 1.74 bits per heavy atom. The van der Waals surface area contributed by atoms with E-state index in [1.54, 1.807) is 18.4 Å². The lowest BCUT2D eigenvalue weighted by Crippen LogP contribution is -2.33. The van der Waals surface area contributed by atoms with E-state index in [4.69, 9.17) is 19.6 Å². The van der Waals surface area contributed by atoms with E-state index in [0.29, 0.717) is 50.2 Å². The summed E-state index contributed by atoms with van der Waals surface area (Å²) in [5, 5.41) is 16.0. The zero-order chi connectivity index (χ0) is 29.3. The lowest BCUT2D eigenvalue weighted by Gasteiger charge is -2.29. The van der Waals surface area contributed by atoms with Crippen molar-refractivity contribution < 1.29 is 28.6 Å². The van der Waals surface area contributed by atoms with E-state index in [9.17, 15) is 14.7 Å². The minimum absolute atomic E-state index is 0.0213. The van der Waals surface area contributed by atoms with Gasteiger partial charge in [-0.05, 0) is 48.2 Å². The molecule has 42 heavy (non-hydrogen) atoms. The average Bonchev–Trinajstić information content (AvgIpc) is 3.45. The number of unbranched alkanes of at least 4 members (excludes halogenated alkanes) is 1. The van der Waals surface area contributed by atoms with Crippen LogP contribution in [0, 0.1) is 0 Å². The van der Waals surface area contributed by atoms with E-state index in [1.807, 2.05) is 66.7 Å². The number of hydrogen-bond acceptors (Lipinski definition) is 7. The third kappa shape index (κ3) is 7.37. The molecule has 0 aliphatic carbocycles. The highest BCUT2D eigenvalue weighted by molar-refractivity contribution is 5.94. The number of nitrogens with one attached hydrogen (secondary N) is 2. The van der Waals surface area contributed by atoms with Crippen molar-refractivity contribution in [2.75, 3.05) is 17.6 Å². The minimum Gasteiger partial charge on any atom is -0.464 e. The van der Waals surface area contributed by atoms with Crippen molar-refractivity contribution in [1.82, 2.24) is 5.32 Å². The molecule has 0 unspecified atom stereocenters. The van der Waals surface area contributed by atoms with Crippen LogP contribution in [0.1, 0.15) is 48.3 Å². The molecule has 4 aromatic rings. The first-order chi connectivity index (χ1) is 20.5. The molecule has 2 amide bonds. The number of furan rings is 1. The van der Waals surface area contributed by atoms with Crippen molar-refractivity contribution in [2.24, 2.45) is 0 Å². The molecule has 1 aliphatic rings. The molecule has 0 radical (unpaired) electrons. The molecule has 1 aliphatic heterocycles. The summed E-state index contributed by atoms with van der Waals surface area (Å²) in [4.78, 5) is 25.4. The fourth-order valence-corrected chi connectivity index (χ4v) is 4.87. The number of carbonyl (C=O) groups excluding carboxylic acids is 2. The van der Waals surface area contributed by atoms with E-state index in [-0.39, 0.29) is 30.1 Å². The smallest absolute Gasteiger partial charge is 0.286 e. The summed E-state index contributed by atoms with van der Waals surface area (Å²) in [6, 6.07) is 22.4. The van der Waals surface area contributed by atoms with Crippen LogP contribution >= 0.6 is 0 Å². The Labute approximate surface area is 244 Å². The van der Waals surface area contributed by atoms with Crippen molar-refractivity contribution in [2.45, 2.75) is 51.1 Å². The number of nitrogens with two attached hydrogens (primary N) is 1. The van der Waals surface area contributed by atoms with Crippen molar-refractivity contribution in [3.05, 3.63) is 108 Å². The Bertz CT molecular complexity index is 1540. The molecular formula is C33H35N3O6. The molecule has 0 saturated heterocycles. The van der Waals surface area contributed by atoms with Gasteiger partial charge in [0.2, 0.25) is 12.2 Å². The van der Waals surface area contributed by atoms with Gasteiger partial charge in [-0.1, -0.05) is 54.6 Å². The summed E-state index contributed by atoms with van der Waals surface area (Å²) < 4.78 is 17.9. The molecule has 0 bridgehead atoms. The van der Waals surface area contributed by atoms with Crippen molar-refractivity contribution >= 4 is 34.2 Å². The van der Waals surface area contributed by atoms with E-state index in [0.717, 1.165) is 27.7 Å². The summed E-state index contributed by atoms with van der Waals surface area (Å²) in [5.41, 5.74) is 10.5. The molecule has 0 fully saturated rings. The zero-order valence-electron chi connectivity index (χ0n) is 23.3. The molecule has 5 rings (SSSR count). The second-order valence-corrected chi connectivity index (χ2v) is 10.2. The summed E-state index contributed by atoms with van der Waals surface area (Å²) in [6.07, 6.45) is 4.94. The van der Waals surface area contributed by atoms with Gasteiger partial charge in [-0.15, -0.1) is 0 Å². The Morgan fingerprint density at radius 3 is 2.55 bits per heavy atom. The van der Waals surface area contributed by atoms with Crippen LogP contribution < -0.4 is 16.4 Å². The molecule has 218 valence electrons. The molecule has 0 saturated carbocycles. The lowest BCUT2D eigenvalue weighted by atomic mass is 9.92. The van der Waals surface area contributed by atoms with E-state index in [2.05, 4.69) is 10.6 Å². The van der Waals surface area contributed by atoms with Gasteiger partial charge in [-0.3, -0.25) is 9.59 Å². The van der Waals surface area contributed by atoms with Crippen molar-refractivity contribution in [3.8, 4) is 0 Å². The van der Waals surface area contributed by atoms with Crippen LogP contribution in [0.15, 0.2) is 95.3 Å². The number of rotatable bonds is 12. The number of ether oxygens (including phenoxy) is 2. The van der Waals surface area contributed by atoms with E-state index < -0.39 is 6.29 Å². The Balaban J connectivity index is 1.18. The number of fused-ring (bicyclic) bond motifs is 1. The van der Waals surface area contributed by atoms with Crippen molar-refractivity contribution in [1.29, 1.82) is 0 Å². The molecule has 5 N–H and O–H groups in total. The molecule has 3 aromatic carbocycles. The van der Waals surface area contributed by atoms with Gasteiger partial charge < -0.3 is 35.4 Å². The van der Waals surface area contributed by atoms with Gasteiger partial charge in [0.1, 0.15) is 5.58 Å². The number of amides is 2. The molecular weight excluding hydrogens is 534 g/mol. The van der Waals surface area contributed by atoms with Gasteiger partial charge in [-0.2, -0.15) is 0 Å². The van der Waals surface area contributed by atoms with Crippen LogP contribution in [-0.2, 0) is 32.3 Å². The first kappa shape index (κ1) is 28.9. The van der Waals surface area contributed by atoms with Gasteiger partial charge >= 0.3 is 0 Å². The maximum Gasteiger partial charge on any atom is 0.286 e. The fraction of sp³-hybridized carbons (Fsp3) is 0.273. The average molecular weight is 570 g/mol. The maximum atomic E-state index is 13.1. The summed E-state index contributed by atoms with van der Waals surface area (Å²) in [7, 11) is 0. The first-order valence-corrected chi connectivity index (χ1v) is 14.1. The first-order valence-electron chi connectivity index (χ1n) is 14.1. The number of carbonyl (C=O) groups is 2. The predicted octanol–water partition coefficient (Wildman–Crippen LogP) is 5.36. The van der Waals surface area contributed by atoms with Crippen LogP contribution in [-0.4, -0.2) is 29.8 Å². The minimum atomic E-state index is -0.652.